The molecule has 2 fully saturated rings. The van der Waals surface area contributed by atoms with E-state index < -0.39 is 0 Å². The standard InChI is InChI=1S/C11H21NO2S/c13-10(7-12-9-1-2-9)8-15-11-3-5-14-6-4-11/h9-13H,1-8H2. The molecular weight excluding hydrogens is 210 g/mol. The summed E-state index contributed by atoms with van der Waals surface area (Å²) in [6.07, 6.45) is 4.69. The van der Waals surface area contributed by atoms with Crippen LogP contribution in [0.3, 0.4) is 0 Å². The van der Waals surface area contributed by atoms with Gasteiger partial charge in [-0.2, -0.15) is 11.8 Å². The average Bonchev–Trinajstić information content (AvgIpc) is 3.09. The normalized spacial score (nSPS) is 25.4. The first-order chi connectivity index (χ1) is 7.34. The molecule has 2 rings (SSSR count). The van der Waals surface area contributed by atoms with Crippen molar-refractivity contribution >= 4 is 11.8 Å². The molecule has 15 heavy (non-hydrogen) atoms. The van der Waals surface area contributed by atoms with Crippen LogP contribution in [0.1, 0.15) is 25.7 Å². The van der Waals surface area contributed by atoms with E-state index in [2.05, 4.69) is 5.32 Å². The highest BCUT2D eigenvalue weighted by Crippen LogP contribution is 2.23. The summed E-state index contributed by atoms with van der Waals surface area (Å²) in [5.41, 5.74) is 0. The summed E-state index contributed by atoms with van der Waals surface area (Å²) in [5, 5.41) is 13.8. The maximum Gasteiger partial charge on any atom is 0.0755 e. The maximum atomic E-state index is 9.74. The van der Waals surface area contributed by atoms with Crippen molar-refractivity contribution in [2.24, 2.45) is 0 Å². The molecule has 1 atom stereocenters. The Balaban J connectivity index is 1.50. The zero-order valence-corrected chi connectivity index (χ0v) is 9.97. The van der Waals surface area contributed by atoms with Crippen LogP contribution in [0.4, 0.5) is 0 Å². The fraction of sp³-hybridized carbons (Fsp3) is 1.00. The van der Waals surface area contributed by atoms with Crippen LogP contribution >= 0.6 is 11.8 Å². The first-order valence-corrected chi connectivity index (χ1v) is 7.00. The number of rotatable bonds is 6. The van der Waals surface area contributed by atoms with Gasteiger partial charge in [-0.1, -0.05) is 0 Å². The Hall–Kier alpha value is 0.230. The van der Waals surface area contributed by atoms with E-state index in [0.29, 0.717) is 11.3 Å². The number of hydrogen-bond donors (Lipinski definition) is 2. The predicted molar refractivity (Wildman–Crippen MR) is 63.3 cm³/mol. The van der Waals surface area contributed by atoms with Crippen molar-refractivity contribution in [1.29, 1.82) is 0 Å². The second-order valence-electron chi connectivity index (χ2n) is 4.48. The SMILES string of the molecule is OC(CNC1CC1)CSC1CCOCC1. The topological polar surface area (TPSA) is 41.5 Å². The summed E-state index contributed by atoms with van der Waals surface area (Å²) in [6, 6.07) is 0.702. The molecule has 0 radical (unpaired) electrons. The summed E-state index contributed by atoms with van der Waals surface area (Å²) in [6.45, 7) is 2.56. The summed E-state index contributed by atoms with van der Waals surface area (Å²) in [7, 11) is 0. The summed E-state index contributed by atoms with van der Waals surface area (Å²) in [5.74, 6) is 0.865. The van der Waals surface area contributed by atoms with Crippen LogP contribution in [0.2, 0.25) is 0 Å². The van der Waals surface area contributed by atoms with Gasteiger partial charge in [-0.05, 0) is 25.7 Å². The number of aliphatic hydroxyl groups excluding tert-OH is 1. The highest BCUT2D eigenvalue weighted by molar-refractivity contribution is 7.99. The number of nitrogens with one attached hydrogen (secondary N) is 1. The van der Waals surface area contributed by atoms with Gasteiger partial charge in [0.15, 0.2) is 0 Å². The van der Waals surface area contributed by atoms with Gasteiger partial charge in [0, 0.05) is 36.8 Å². The fourth-order valence-corrected chi connectivity index (χ4v) is 2.88. The average molecular weight is 231 g/mol. The third-order valence-corrected chi connectivity index (χ3v) is 4.43. The van der Waals surface area contributed by atoms with Crippen molar-refractivity contribution in [2.75, 3.05) is 25.5 Å². The molecule has 1 saturated carbocycles. The molecule has 4 heteroatoms. The van der Waals surface area contributed by atoms with Gasteiger partial charge in [-0.15, -0.1) is 0 Å². The molecule has 0 amide bonds. The summed E-state index contributed by atoms with van der Waals surface area (Å²) in [4.78, 5) is 0. The Morgan fingerprint density at radius 3 is 2.67 bits per heavy atom. The molecule has 1 saturated heterocycles. The Kier molecular flexibility index (Phi) is 4.75. The van der Waals surface area contributed by atoms with Crippen molar-refractivity contribution in [2.45, 2.75) is 43.1 Å². The van der Waals surface area contributed by atoms with Crippen molar-refractivity contribution in [1.82, 2.24) is 5.32 Å². The van der Waals surface area contributed by atoms with Gasteiger partial charge < -0.3 is 15.2 Å². The van der Waals surface area contributed by atoms with Gasteiger partial charge in [0.25, 0.3) is 0 Å². The largest absolute Gasteiger partial charge is 0.391 e. The Morgan fingerprint density at radius 1 is 1.27 bits per heavy atom. The lowest BCUT2D eigenvalue weighted by Crippen LogP contribution is -2.31. The van der Waals surface area contributed by atoms with E-state index in [1.165, 1.54) is 12.8 Å². The zero-order valence-electron chi connectivity index (χ0n) is 9.15. The quantitative estimate of drug-likeness (QED) is 0.716. The third kappa shape index (κ3) is 4.72. The van der Waals surface area contributed by atoms with Crippen molar-refractivity contribution < 1.29 is 9.84 Å². The predicted octanol–water partition coefficient (Wildman–Crippen LogP) is 1.01. The van der Waals surface area contributed by atoms with E-state index in [-0.39, 0.29) is 6.10 Å². The number of aliphatic hydroxyl groups is 1. The van der Waals surface area contributed by atoms with E-state index >= 15 is 0 Å². The molecule has 2 N–H and O–H groups in total. The van der Waals surface area contributed by atoms with Crippen LogP contribution in [0, 0.1) is 0 Å². The van der Waals surface area contributed by atoms with Gasteiger partial charge in [-0.25, -0.2) is 0 Å². The van der Waals surface area contributed by atoms with Crippen LogP contribution < -0.4 is 5.32 Å². The van der Waals surface area contributed by atoms with Gasteiger partial charge in [0.1, 0.15) is 0 Å². The lowest BCUT2D eigenvalue weighted by molar-refractivity contribution is 0.0998. The highest BCUT2D eigenvalue weighted by atomic mass is 32.2. The molecule has 1 aliphatic carbocycles. The van der Waals surface area contributed by atoms with Gasteiger partial charge >= 0.3 is 0 Å². The van der Waals surface area contributed by atoms with Crippen LogP contribution in [0.25, 0.3) is 0 Å². The first kappa shape index (κ1) is 11.7. The second-order valence-corrected chi connectivity index (χ2v) is 5.81. The lowest BCUT2D eigenvalue weighted by Gasteiger charge is -2.22. The summed E-state index contributed by atoms with van der Waals surface area (Å²) < 4.78 is 5.31. The van der Waals surface area contributed by atoms with E-state index in [1.807, 2.05) is 11.8 Å². The minimum Gasteiger partial charge on any atom is -0.391 e. The van der Waals surface area contributed by atoms with Crippen molar-refractivity contribution in [3.63, 3.8) is 0 Å². The molecule has 3 nitrogen and oxygen atoms in total. The van der Waals surface area contributed by atoms with E-state index in [1.54, 1.807) is 0 Å². The zero-order chi connectivity index (χ0) is 10.5. The number of ether oxygens (including phenoxy) is 1. The molecule has 0 aromatic carbocycles. The van der Waals surface area contributed by atoms with Crippen LogP contribution in [0.5, 0.6) is 0 Å². The van der Waals surface area contributed by atoms with Gasteiger partial charge in [0.05, 0.1) is 6.10 Å². The number of thioether (sulfide) groups is 1. The van der Waals surface area contributed by atoms with Crippen molar-refractivity contribution in [3.05, 3.63) is 0 Å². The number of hydrogen-bond acceptors (Lipinski definition) is 4. The molecule has 1 heterocycles. The minimum absolute atomic E-state index is 0.182. The molecule has 2 aliphatic rings. The molecule has 0 aromatic heterocycles. The smallest absolute Gasteiger partial charge is 0.0755 e. The van der Waals surface area contributed by atoms with E-state index in [9.17, 15) is 5.11 Å². The van der Waals surface area contributed by atoms with Crippen LogP contribution in [-0.2, 0) is 4.74 Å². The maximum absolute atomic E-state index is 9.74. The highest BCUT2D eigenvalue weighted by Gasteiger charge is 2.22. The van der Waals surface area contributed by atoms with E-state index in [0.717, 1.165) is 38.4 Å². The molecule has 1 aliphatic heterocycles. The van der Waals surface area contributed by atoms with Crippen molar-refractivity contribution in [3.8, 4) is 0 Å². The van der Waals surface area contributed by atoms with Gasteiger partial charge in [0.2, 0.25) is 0 Å². The third-order valence-electron chi connectivity index (χ3n) is 2.91. The van der Waals surface area contributed by atoms with Crippen LogP contribution in [0.15, 0.2) is 0 Å². The monoisotopic (exact) mass is 231 g/mol. The molecule has 1 unspecified atom stereocenters. The molecule has 0 aromatic rings. The first-order valence-electron chi connectivity index (χ1n) is 5.95. The molecular formula is C11H21NO2S. The van der Waals surface area contributed by atoms with Crippen LogP contribution in [-0.4, -0.2) is 48.0 Å². The Bertz CT molecular complexity index is 181. The molecule has 0 bridgehead atoms. The minimum atomic E-state index is -0.182. The lowest BCUT2D eigenvalue weighted by atomic mass is 10.2. The second kappa shape index (κ2) is 6.09. The summed E-state index contributed by atoms with van der Waals surface area (Å²) >= 11 is 1.91. The molecule has 0 spiro atoms. The van der Waals surface area contributed by atoms with E-state index in [4.69, 9.17) is 4.74 Å². The fourth-order valence-electron chi connectivity index (χ4n) is 1.74. The molecule has 88 valence electrons. The van der Waals surface area contributed by atoms with Gasteiger partial charge in [-0.3, -0.25) is 0 Å². The Labute approximate surface area is 96.0 Å². The Morgan fingerprint density at radius 2 is 2.00 bits per heavy atom.